The summed E-state index contributed by atoms with van der Waals surface area (Å²) in [5.74, 6) is -2.43. The number of esters is 1. The van der Waals surface area contributed by atoms with Gasteiger partial charge in [-0.1, -0.05) is 23.8 Å². The molecule has 0 saturated carbocycles. The minimum atomic E-state index is -1.23. The van der Waals surface area contributed by atoms with Crippen LogP contribution in [-0.4, -0.2) is 30.1 Å². The Balaban J connectivity index is 2.58. The molecule has 1 heterocycles. The van der Waals surface area contributed by atoms with Gasteiger partial charge in [0.15, 0.2) is 0 Å². The van der Waals surface area contributed by atoms with Crippen LogP contribution in [0.4, 0.5) is 5.00 Å². The number of carbonyl (C=O) groups excluding carboxylic acids is 2. The van der Waals surface area contributed by atoms with Gasteiger partial charge in [-0.2, -0.15) is 0 Å². The van der Waals surface area contributed by atoms with E-state index in [0.29, 0.717) is 10.6 Å². The summed E-state index contributed by atoms with van der Waals surface area (Å²) in [6.07, 6.45) is 1.63. The van der Waals surface area contributed by atoms with Gasteiger partial charge in [-0.15, -0.1) is 11.3 Å². The normalized spacial score (nSPS) is 10.8. The van der Waals surface area contributed by atoms with E-state index in [9.17, 15) is 14.4 Å². The van der Waals surface area contributed by atoms with E-state index in [2.05, 4.69) is 5.32 Å². The predicted octanol–water partition coefficient (Wildman–Crippen LogP) is 3.71. The molecule has 2 rings (SSSR count). The highest BCUT2D eigenvalue weighted by atomic mass is 32.1. The van der Waals surface area contributed by atoms with Crippen molar-refractivity contribution in [3.05, 3.63) is 51.9 Å². The molecule has 7 heteroatoms. The van der Waals surface area contributed by atoms with Gasteiger partial charge in [0, 0.05) is 22.6 Å². The van der Waals surface area contributed by atoms with E-state index in [-0.39, 0.29) is 5.56 Å². The molecule has 1 amide bonds. The molecule has 0 bridgehead atoms. The number of amides is 1. The Morgan fingerprint density at radius 1 is 1.15 bits per heavy atom. The van der Waals surface area contributed by atoms with Crippen molar-refractivity contribution in [1.82, 2.24) is 0 Å². The smallest absolute Gasteiger partial charge is 0.341 e. The fourth-order valence-electron chi connectivity index (χ4n) is 2.56. The number of carboxylic acids is 1. The summed E-state index contributed by atoms with van der Waals surface area (Å²) in [7, 11) is 1.28. The van der Waals surface area contributed by atoms with Crippen LogP contribution in [0.15, 0.2) is 30.4 Å². The number of carboxylic acid groups (broad SMARTS) is 1. The molecule has 2 aromatic rings. The third-order valence-electron chi connectivity index (χ3n) is 3.75. The molecular formula is C19H19NO5S. The van der Waals surface area contributed by atoms with Gasteiger partial charge in [0.05, 0.1) is 7.11 Å². The molecular weight excluding hydrogens is 354 g/mol. The average Bonchev–Trinajstić information content (AvgIpc) is 2.90. The van der Waals surface area contributed by atoms with Crippen molar-refractivity contribution in [2.45, 2.75) is 20.8 Å². The third-order valence-corrected chi connectivity index (χ3v) is 4.77. The van der Waals surface area contributed by atoms with Crippen LogP contribution in [0, 0.1) is 20.8 Å². The first-order valence-corrected chi connectivity index (χ1v) is 8.57. The van der Waals surface area contributed by atoms with Crippen LogP contribution in [0.2, 0.25) is 0 Å². The Morgan fingerprint density at radius 3 is 2.46 bits per heavy atom. The fraction of sp³-hybridized carbons (Fsp3) is 0.211. The molecule has 0 saturated heterocycles. The summed E-state index contributed by atoms with van der Waals surface area (Å²) in [6.45, 7) is 5.76. The van der Waals surface area contributed by atoms with Gasteiger partial charge >= 0.3 is 11.9 Å². The standard InChI is InChI=1S/C19H19NO5S/c1-10-5-6-11(2)13(9-10)16-12(3)26-18(17(16)19(24)25-4)20-14(21)7-8-15(22)23/h5-9H,1-4H3,(H,20,21)(H,22,23)/b8-7+. The maximum Gasteiger partial charge on any atom is 0.341 e. The number of hydrogen-bond acceptors (Lipinski definition) is 5. The van der Waals surface area contributed by atoms with E-state index in [0.717, 1.165) is 33.7 Å². The first-order chi connectivity index (χ1) is 12.2. The molecule has 0 atom stereocenters. The average molecular weight is 373 g/mol. The number of thiophene rings is 1. The number of carbonyl (C=O) groups is 3. The first-order valence-electron chi connectivity index (χ1n) is 7.76. The summed E-state index contributed by atoms with van der Waals surface area (Å²) in [4.78, 5) is 35.8. The Hall–Kier alpha value is -2.93. The van der Waals surface area contributed by atoms with Crippen LogP contribution < -0.4 is 5.32 Å². The van der Waals surface area contributed by atoms with Crippen molar-refractivity contribution >= 4 is 34.2 Å². The molecule has 0 aliphatic carbocycles. The van der Waals surface area contributed by atoms with E-state index >= 15 is 0 Å². The van der Waals surface area contributed by atoms with Gasteiger partial charge < -0.3 is 15.2 Å². The van der Waals surface area contributed by atoms with Crippen LogP contribution in [0.1, 0.15) is 26.4 Å². The number of aryl methyl sites for hydroxylation is 3. The largest absolute Gasteiger partial charge is 0.478 e. The minimum Gasteiger partial charge on any atom is -0.478 e. The Labute approximate surface area is 155 Å². The van der Waals surface area contributed by atoms with Crippen LogP contribution in [-0.2, 0) is 14.3 Å². The fourth-order valence-corrected chi connectivity index (χ4v) is 3.62. The molecule has 1 aromatic heterocycles. The monoisotopic (exact) mass is 373 g/mol. The molecule has 6 nitrogen and oxygen atoms in total. The zero-order chi connectivity index (χ0) is 19.4. The zero-order valence-electron chi connectivity index (χ0n) is 14.9. The van der Waals surface area contributed by atoms with Crippen LogP contribution >= 0.6 is 11.3 Å². The second-order valence-corrected chi connectivity index (χ2v) is 6.93. The second-order valence-electron chi connectivity index (χ2n) is 5.71. The van der Waals surface area contributed by atoms with Crippen molar-refractivity contribution in [3.8, 4) is 11.1 Å². The lowest BCUT2D eigenvalue weighted by Gasteiger charge is -2.10. The zero-order valence-corrected chi connectivity index (χ0v) is 15.7. The lowest BCUT2D eigenvalue weighted by molar-refractivity contribution is -0.131. The summed E-state index contributed by atoms with van der Waals surface area (Å²) >= 11 is 1.24. The molecule has 2 N–H and O–H groups in total. The molecule has 0 aliphatic rings. The third kappa shape index (κ3) is 4.18. The summed E-state index contributed by atoms with van der Waals surface area (Å²) in [6, 6.07) is 5.93. The second kappa shape index (κ2) is 7.97. The molecule has 0 radical (unpaired) electrons. The van der Waals surface area contributed by atoms with E-state index in [4.69, 9.17) is 9.84 Å². The maximum atomic E-state index is 12.4. The van der Waals surface area contributed by atoms with Crippen molar-refractivity contribution in [2.24, 2.45) is 0 Å². The Bertz CT molecular complexity index is 911. The number of ether oxygens (including phenoxy) is 1. The number of anilines is 1. The quantitative estimate of drug-likeness (QED) is 0.616. The van der Waals surface area contributed by atoms with Gasteiger partial charge in [-0.05, 0) is 31.9 Å². The highest BCUT2D eigenvalue weighted by molar-refractivity contribution is 7.17. The summed E-state index contributed by atoms with van der Waals surface area (Å²) in [5, 5.41) is 11.5. The molecule has 26 heavy (non-hydrogen) atoms. The lowest BCUT2D eigenvalue weighted by atomic mass is 9.95. The van der Waals surface area contributed by atoms with Crippen LogP contribution in [0.5, 0.6) is 0 Å². The number of nitrogens with one attached hydrogen (secondary N) is 1. The van der Waals surface area contributed by atoms with E-state index in [1.54, 1.807) is 0 Å². The molecule has 0 aliphatic heterocycles. The molecule has 0 unspecified atom stereocenters. The Morgan fingerprint density at radius 2 is 1.85 bits per heavy atom. The predicted molar refractivity (Wildman–Crippen MR) is 101 cm³/mol. The number of rotatable bonds is 5. The SMILES string of the molecule is COC(=O)c1c(NC(=O)/C=C/C(=O)O)sc(C)c1-c1cc(C)ccc1C. The van der Waals surface area contributed by atoms with E-state index < -0.39 is 17.8 Å². The number of benzene rings is 1. The van der Waals surface area contributed by atoms with Gasteiger partial charge in [0.25, 0.3) is 0 Å². The molecule has 1 aromatic carbocycles. The van der Waals surface area contributed by atoms with Gasteiger partial charge in [0.2, 0.25) is 5.91 Å². The molecule has 136 valence electrons. The van der Waals surface area contributed by atoms with Crippen LogP contribution in [0.3, 0.4) is 0 Å². The van der Waals surface area contributed by atoms with Gasteiger partial charge in [-0.3, -0.25) is 4.79 Å². The highest BCUT2D eigenvalue weighted by Gasteiger charge is 2.25. The van der Waals surface area contributed by atoms with Crippen LogP contribution in [0.25, 0.3) is 11.1 Å². The topological polar surface area (TPSA) is 92.7 Å². The molecule has 0 fully saturated rings. The summed E-state index contributed by atoms with van der Waals surface area (Å²) in [5.41, 5.74) is 3.90. The van der Waals surface area contributed by atoms with Crippen molar-refractivity contribution in [2.75, 3.05) is 12.4 Å². The number of hydrogen-bond donors (Lipinski definition) is 2. The summed E-state index contributed by atoms with van der Waals surface area (Å²) < 4.78 is 4.91. The van der Waals surface area contributed by atoms with Crippen molar-refractivity contribution in [1.29, 1.82) is 0 Å². The maximum absolute atomic E-state index is 12.4. The highest BCUT2D eigenvalue weighted by Crippen LogP contribution is 2.41. The Kier molecular flexibility index (Phi) is 5.94. The number of methoxy groups -OCH3 is 1. The minimum absolute atomic E-state index is 0.265. The van der Waals surface area contributed by atoms with E-state index in [1.165, 1.54) is 18.4 Å². The van der Waals surface area contributed by atoms with Gasteiger partial charge in [-0.25, -0.2) is 9.59 Å². The molecule has 0 spiro atoms. The van der Waals surface area contributed by atoms with Gasteiger partial charge in [0.1, 0.15) is 10.6 Å². The van der Waals surface area contributed by atoms with Crippen molar-refractivity contribution < 1.29 is 24.2 Å². The van der Waals surface area contributed by atoms with E-state index in [1.807, 2.05) is 39.0 Å². The number of aliphatic carboxylic acids is 1. The lowest BCUT2D eigenvalue weighted by Crippen LogP contribution is -2.12. The van der Waals surface area contributed by atoms with Crippen molar-refractivity contribution in [3.63, 3.8) is 0 Å². The first kappa shape index (κ1) is 19.4.